The van der Waals surface area contributed by atoms with Crippen LogP contribution in [-0.4, -0.2) is 73.5 Å². The number of likely N-dealkylation sites (tertiary alicyclic amines) is 1. The zero-order chi connectivity index (χ0) is 24.3. The Morgan fingerprint density at radius 1 is 1.18 bits per heavy atom. The number of aromatic nitrogens is 1. The summed E-state index contributed by atoms with van der Waals surface area (Å²) in [4.78, 5) is 33.1. The molecule has 10 heteroatoms. The summed E-state index contributed by atoms with van der Waals surface area (Å²) in [6.45, 7) is 6.84. The van der Waals surface area contributed by atoms with E-state index in [-0.39, 0.29) is 18.0 Å². The van der Waals surface area contributed by atoms with E-state index in [0.717, 1.165) is 47.9 Å². The summed E-state index contributed by atoms with van der Waals surface area (Å²) in [5, 5.41) is 6.47. The van der Waals surface area contributed by atoms with Crippen LogP contribution in [0.5, 0.6) is 0 Å². The monoisotopic (exact) mass is 487 g/mol. The lowest BCUT2D eigenvalue weighted by Gasteiger charge is -2.38. The molecule has 1 fully saturated rings. The summed E-state index contributed by atoms with van der Waals surface area (Å²) in [6, 6.07) is 8.11. The van der Waals surface area contributed by atoms with Crippen molar-refractivity contribution >= 4 is 34.6 Å². The normalized spacial score (nSPS) is 14.9. The number of nitrogens with two attached hydrogens (primary N) is 1. The summed E-state index contributed by atoms with van der Waals surface area (Å²) in [5.74, 6) is 4.83. The summed E-state index contributed by atoms with van der Waals surface area (Å²) < 4.78 is 10.2. The van der Waals surface area contributed by atoms with E-state index in [1.54, 1.807) is 17.6 Å². The molecule has 1 saturated heterocycles. The number of thiazole rings is 1. The highest BCUT2D eigenvalue weighted by Crippen LogP contribution is 2.31. The largest absolute Gasteiger partial charge is 0.466 e. The second-order valence-electron chi connectivity index (χ2n) is 7.98. The van der Waals surface area contributed by atoms with Crippen LogP contribution in [0.1, 0.15) is 38.7 Å². The second-order valence-corrected chi connectivity index (χ2v) is 8.81. The van der Waals surface area contributed by atoms with Crippen molar-refractivity contribution in [2.45, 2.75) is 39.2 Å². The van der Waals surface area contributed by atoms with Crippen molar-refractivity contribution in [2.75, 3.05) is 44.3 Å². The number of esters is 2. The molecule has 0 amide bonds. The smallest absolute Gasteiger partial charge is 0.320 e. The molecule has 3 rings (SSSR count). The maximum atomic E-state index is 12.1. The Labute approximate surface area is 204 Å². The van der Waals surface area contributed by atoms with Gasteiger partial charge >= 0.3 is 11.9 Å². The Balaban J connectivity index is 1.71. The minimum atomic E-state index is -0.207. The average molecular weight is 488 g/mol. The molecule has 0 bridgehead atoms. The number of carbonyl (C=O) groups excluding carboxylic acids is 2. The van der Waals surface area contributed by atoms with E-state index in [4.69, 9.17) is 20.3 Å². The van der Waals surface area contributed by atoms with Gasteiger partial charge in [-0.1, -0.05) is 24.3 Å². The van der Waals surface area contributed by atoms with Gasteiger partial charge in [-0.05, 0) is 32.3 Å². The van der Waals surface area contributed by atoms with Gasteiger partial charge in [0.1, 0.15) is 0 Å². The SMILES string of the molecule is CCOC(=O)CCN(c1nc(-c2ccc(C=NN)cc2)cs1)C1CCN(CC(=O)OCC)CC1. The summed E-state index contributed by atoms with van der Waals surface area (Å²) in [6.07, 6.45) is 3.66. The quantitative estimate of drug-likeness (QED) is 0.223. The molecule has 0 aliphatic carbocycles. The molecule has 0 spiro atoms. The highest BCUT2D eigenvalue weighted by atomic mass is 32.1. The molecule has 0 unspecified atom stereocenters. The van der Waals surface area contributed by atoms with Crippen molar-refractivity contribution in [3.63, 3.8) is 0 Å². The Morgan fingerprint density at radius 3 is 2.50 bits per heavy atom. The van der Waals surface area contributed by atoms with Crippen molar-refractivity contribution in [1.82, 2.24) is 9.88 Å². The van der Waals surface area contributed by atoms with Gasteiger partial charge in [-0.25, -0.2) is 4.98 Å². The molecule has 1 aliphatic heterocycles. The molecule has 0 saturated carbocycles. The first-order valence-corrected chi connectivity index (χ1v) is 12.5. The van der Waals surface area contributed by atoms with Crippen LogP contribution < -0.4 is 10.7 Å². The van der Waals surface area contributed by atoms with E-state index < -0.39 is 0 Å². The fourth-order valence-electron chi connectivity index (χ4n) is 4.01. The number of piperidine rings is 1. The molecular formula is C24H33N5O4S. The van der Waals surface area contributed by atoms with E-state index in [2.05, 4.69) is 14.9 Å². The van der Waals surface area contributed by atoms with Crippen molar-refractivity contribution < 1.29 is 19.1 Å². The highest BCUT2D eigenvalue weighted by Gasteiger charge is 2.28. The van der Waals surface area contributed by atoms with Crippen LogP contribution in [0.4, 0.5) is 5.13 Å². The van der Waals surface area contributed by atoms with Gasteiger partial charge in [-0.15, -0.1) is 11.3 Å². The number of anilines is 1. The van der Waals surface area contributed by atoms with Crippen LogP contribution in [-0.2, 0) is 19.1 Å². The van der Waals surface area contributed by atoms with Crippen LogP contribution >= 0.6 is 11.3 Å². The third-order valence-corrected chi connectivity index (χ3v) is 6.56. The van der Waals surface area contributed by atoms with Gasteiger partial charge in [0.15, 0.2) is 5.13 Å². The number of benzene rings is 1. The third-order valence-electron chi connectivity index (χ3n) is 5.69. The summed E-state index contributed by atoms with van der Waals surface area (Å²) in [7, 11) is 0. The van der Waals surface area contributed by atoms with Gasteiger partial charge in [-0.3, -0.25) is 14.5 Å². The van der Waals surface area contributed by atoms with Gasteiger partial charge < -0.3 is 20.2 Å². The number of carbonyl (C=O) groups is 2. The first-order chi connectivity index (χ1) is 16.5. The van der Waals surface area contributed by atoms with Gasteiger partial charge in [0.05, 0.1) is 38.1 Å². The van der Waals surface area contributed by atoms with Crippen LogP contribution in [0.15, 0.2) is 34.7 Å². The summed E-state index contributed by atoms with van der Waals surface area (Å²) in [5.41, 5.74) is 2.82. The van der Waals surface area contributed by atoms with Crippen molar-refractivity contribution in [1.29, 1.82) is 0 Å². The number of hydrogen-bond acceptors (Lipinski definition) is 10. The molecule has 184 valence electrons. The molecule has 2 N–H and O–H groups in total. The zero-order valence-corrected chi connectivity index (χ0v) is 20.6. The van der Waals surface area contributed by atoms with Crippen molar-refractivity contribution in [2.24, 2.45) is 10.9 Å². The van der Waals surface area contributed by atoms with Crippen LogP contribution in [0.2, 0.25) is 0 Å². The minimum absolute atomic E-state index is 0.187. The van der Waals surface area contributed by atoms with Gasteiger partial charge in [0, 0.05) is 36.6 Å². The second kappa shape index (κ2) is 13.0. The topological polar surface area (TPSA) is 110 Å². The summed E-state index contributed by atoms with van der Waals surface area (Å²) >= 11 is 1.57. The lowest BCUT2D eigenvalue weighted by Crippen LogP contribution is -2.47. The van der Waals surface area contributed by atoms with Crippen LogP contribution in [0.3, 0.4) is 0 Å². The van der Waals surface area contributed by atoms with Crippen LogP contribution in [0.25, 0.3) is 11.3 Å². The van der Waals surface area contributed by atoms with E-state index in [1.807, 2.05) is 43.5 Å². The van der Waals surface area contributed by atoms with E-state index in [1.165, 1.54) is 0 Å². The molecule has 1 aromatic carbocycles. The highest BCUT2D eigenvalue weighted by molar-refractivity contribution is 7.14. The number of nitrogens with zero attached hydrogens (tertiary/aromatic N) is 4. The molecular weight excluding hydrogens is 454 g/mol. The molecule has 0 radical (unpaired) electrons. The Bertz CT molecular complexity index is 955. The third kappa shape index (κ3) is 7.26. The predicted molar refractivity (Wildman–Crippen MR) is 134 cm³/mol. The maximum absolute atomic E-state index is 12.1. The number of rotatable bonds is 11. The minimum Gasteiger partial charge on any atom is -0.466 e. The molecule has 1 aliphatic rings. The molecule has 0 atom stereocenters. The first-order valence-electron chi connectivity index (χ1n) is 11.6. The fraction of sp³-hybridized carbons (Fsp3) is 0.500. The standard InChI is InChI=1S/C24H33N5O4S/c1-3-32-22(30)11-14-29(20-9-12-28(13-10-20)16-23(31)33-4-2)24-27-21(17-34-24)19-7-5-18(6-8-19)15-26-25/h5-8,15,17,20H,3-4,9-14,16,25H2,1-2H3. The Hall–Kier alpha value is -2.98. The van der Waals surface area contributed by atoms with Crippen LogP contribution in [0, 0.1) is 0 Å². The van der Waals surface area contributed by atoms with E-state index >= 15 is 0 Å². The number of ether oxygens (including phenoxy) is 2. The molecule has 34 heavy (non-hydrogen) atoms. The molecule has 2 heterocycles. The fourth-order valence-corrected chi connectivity index (χ4v) is 4.95. The number of hydrazone groups is 1. The van der Waals surface area contributed by atoms with E-state index in [0.29, 0.717) is 32.7 Å². The lowest BCUT2D eigenvalue weighted by atomic mass is 10.0. The van der Waals surface area contributed by atoms with Crippen molar-refractivity contribution in [3.8, 4) is 11.3 Å². The van der Waals surface area contributed by atoms with Gasteiger partial charge in [0.25, 0.3) is 0 Å². The van der Waals surface area contributed by atoms with Gasteiger partial charge in [0.2, 0.25) is 0 Å². The average Bonchev–Trinajstić information content (AvgIpc) is 3.31. The molecule has 9 nitrogen and oxygen atoms in total. The van der Waals surface area contributed by atoms with E-state index in [9.17, 15) is 9.59 Å². The lowest BCUT2D eigenvalue weighted by molar-refractivity contribution is -0.145. The van der Waals surface area contributed by atoms with Crippen molar-refractivity contribution in [3.05, 3.63) is 35.2 Å². The number of hydrogen-bond donors (Lipinski definition) is 1. The zero-order valence-electron chi connectivity index (χ0n) is 19.8. The Morgan fingerprint density at radius 2 is 1.85 bits per heavy atom. The van der Waals surface area contributed by atoms with Gasteiger partial charge in [-0.2, -0.15) is 5.10 Å². The molecule has 2 aromatic rings. The predicted octanol–water partition coefficient (Wildman–Crippen LogP) is 2.89. The first kappa shape index (κ1) is 25.6. The molecule has 1 aromatic heterocycles. The maximum Gasteiger partial charge on any atom is 0.320 e. The Kier molecular flexibility index (Phi) is 9.84.